The van der Waals surface area contributed by atoms with Gasteiger partial charge in [-0.1, -0.05) is 6.07 Å². The summed E-state index contributed by atoms with van der Waals surface area (Å²) >= 11 is 0. The van der Waals surface area contributed by atoms with Crippen molar-refractivity contribution in [2.24, 2.45) is 0 Å². The molecule has 0 amide bonds. The molecule has 1 aromatic heterocycles. The summed E-state index contributed by atoms with van der Waals surface area (Å²) in [6.45, 7) is 0. The first-order chi connectivity index (χ1) is 9.29. The summed E-state index contributed by atoms with van der Waals surface area (Å²) < 4.78 is 63.5. The molecule has 0 radical (unpaired) electrons. The number of hydrogen-bond donors (Lipinski definition) is 1. The van der Waals surface area contributed by atoms with E-state index in [4.69, 9.17) is 0 Å². The Balaban J connectivity index is 2.40. The molecule has 0 aliphatic heterocycles. The van der Waals surface area contributed by atoms with Crippen LogP contribution in [0.15, 0.2) is 36.5 Å². The molecule has 0 fully saturated rings. The molecular formula is C13H8F5NO. The van der Waals surface area contributed by atoms with Gasteiger partial charge in [0.1, 0.15) is 17.7 Å². The summed E-state index contributed by atoms with van der Waals surface area (Å²) in [6.07, 6.45) is -5.54. The molecule has 7 heteroatoms. The number of aliphatic hydroxyl groups excluding tert-OH is 1. The highest BCUT2D eigenvalue weighted by Crippen LogP contribution is 2.33. The van der Waals surface area contributed by atoms with Gasteiger partial charge in [0.2, 0.25) is 0 Å². The molecule has 1 unspecified atom stereocenters. The van der Waals surface area contributed by atoms with Crippen LogP contribution in [0.3, 0.4) is 0 Å². The SMILES string of the molecule is OC(c1ccc(F)c(C(F)(F)F)c1)c1ccc(F)cn1. The van der Waals surface area contributed by atoms with Gasteiger partial charge in [-0.25, -0.2) is 8.78 Å². The molecule has 1 N–H and O–H groups in total. The zero-order chi connectivity index (χ0) is 14.9. The summed E-state index contributed by atoms with van der Waals surface area (Å²) in [7, 11) is 0. The van der Waals surface area contributed by atoms with Crippen molar-refractivity contribution >= 4 is 0 Å². The zero-order valence-corrected chi connectivity index (χ0v) is 9.83. The topological polar surface area (TPSA) is 33.1 Å². The van der Waals surface area contributed by atoms with E-state index in [1.165, 1.54) is 0 Å². The van der Waals surface area contributed by atoms with Crippen LogP contribution in [0.5, 0.6) is 0 Å². The standard InChI is InChI=1S/C13H8F5NO/c14-8-2-4-11(19-6-8)12(20)7-1-3-10(15)9(5-7)13(16,17)18/h1-6,12,20H. The van der Waals surface area contributed by atoms with Crippen LogP contribution in [-0.2, 0) is 6.18 Å². The number of alkyl halides is 3. The second kappa shape index (κ2) is 5.16. The van der Waals surface area contributed by atoms with Crippen molar-refractivity contribution in [3.05, 3.63) is 65.0 Å². The highest BCUT2D eigenvalue weighted by atomic mass is 19.4. The summed E-state index contributed by atoms with van der Waals surface area (Å²) in [4.78, 5) is 3.57. The Hall–Kier alpha value is -2.02. The number of rotatable bonds is 2. The van der Waals surface area contributed by atoms with Gasteiger partial charge in [0.15, 0.2) is 0 Å². The lowest BCUT2D eigenvalue weighted by Crippen LogP contribution is -2.11. The van der Waals surface area contributed by atoms with Gasteiger partial charge in [-0.15, -0.1) is 0 Å². The first kappa shape index (κ1) is 14.4. The molecule has 1 heterocycles. The molecule has 1 aromatic carbocycles. The van der Waals surface area contributed by atoms with Crippen molar-refractivity contribution in [2.45, 2.75) is 12.3 Å². The first-order valence-corrected chi connectivity index (χ1v) is 5.45. The Morgan fingerprint density at radius 1 is 1.05 bits per heavy atom. The van der Waals surface area contributed by atoms with Crippen LogP contribution < -0.4 is 0 Å². The molecule has 106 valence electrons. The van der Waals surface area contributed by atoms with Crippen molar-refractivity contribution < 1.29 is 27.1 Å². The minimum Gasteiger partial charge on any atom is -0.382 e. The second-order valence-corrected chi connectivity index (χ2v) is 4.04. The van der Waals surface area contributed by atoms with Crippen LogP contribution in [0.25, 0.3) is 0 Å². The van der Waals surface area contributed by atoms with Gasteiger partial charge in [-0.05, 0) is 29.8 Å². The average molecular weight is 289 g/mol. The highest BCUT2D eigenvalue weighted by molar-refractivity contribution is 5.32. The number of halogens is 5. The lowest BCUT2D eigenvalue weighted by atomic mass is 10.0. The lowest BCUT2D eigenvalue weighted by Gasteiger charge is -2.14. The van der Waals surface area contributed by atoms with E-state index < -0.39 is 29.5 Å². The maximum absolute atomic E-state index is 13.1. The van der Waals surface area contributed by atoms with E-state index in [-0.39, 0.29) is 11.3 Å². The molecule has 0 saturated heterocycles. The van der Waals surface area contributed by atoms with Crippen molar-refractivity contribution in [3.8, 4) is 0 Å². The molecule has 0 aliphatic rings. The smallest absolute Gasteiger partial charge is 0.382 e. The lowest BCUT2D eigenvalue weighted by molar-refractivity contribution is -0.140. The van der Waals surface area contributed by atoms with Crippen LogP contribution in [-0.4, -0.2) is 10.1 Å². The Kier molecular flexibility index (Phi) is 3.71. The van der Waals surface area contributed by atoms with Gasteiger partial charge in [-0.3, -0.25) is 4.98 Å². The monoisotopic (exact) mass is 289 g/mol. The molecule has 20 heavy (non-hydrogen) atoms. The Bertz CT molecular complexity index is 609. The predicted octanol–water partition coefficient (Wildman–Crippen LogP) is 3.46. The molecule has 2 rings (SSSR count). The molecule has 2 nitrogen and oxygen atoms in total. The molecule has 2 aromatic rings. The van der Waals surface area contributed by atoms with Crippen LogP contribution in [0.4, 0.5) is 22.0 Å². The third-order valence-corrected chi connectivity index (χ3v) is 2.64. The molecule has 0 bridgehead atoms. The first-order valence-electron chi connectivity index (χ1n) is 5.45. The third kappa shape index (κ3) is 2.93. The van der Waals surface area contributed by atoms with E-state index in [1.54, 1.807) is 0 Å². The molecule has 0 aliphatic carbocycles. The number of benzene rings is 1. The Morgan fingerprint density at radius 2 is 1.75 bits per heavy atom. The van der Waals surface area contributed by atoms with Gasteiger partial charge < -0.3 is 5.11 Å². The molecule has 0 saturated carbocycles. The molecule has 0 spiro atoms. The van der Waals surface area contributed by atoms with E-state index in [1.807, 2.05) is 0 Å². The summed E-state index contributed by atoms with van der Waals surface area (Å²) in [5, 5.41) is 9.89. The predicted molar refractivity (Wildman–Crippen MR) is 59.7 cm³/mol. The largest absolute Gasteiger partial charge is 0.419 e. The number of aliphatic hydroxyl groups is 1. The fourth-order valence-electron chi connectivity index (χ4n) is 1.65. The zero-order valence-electron chi connectivity index (χ0n) is 9.83. The average Bonchev–Trinajstić information content (AvgIpc) is 2.38. The van der Waals surface area contributed by atoms with E-state index in [9.17, 15) is 27.1 Å². The van der Waals surface area contributed by atoms with Crippen molar-refractivity contribution in [2.75, 3.05) is 0 Å². The fourth-order valence-corrected chi connectivity index (χ4v) is 1.65. The van der Waals surface area contributed by atoms with Gasteiger partial charge in [0, 0.05) is 0 Å². The maximum atomic E-state index is 13.1. The number of aromatic nitrogens is 1. The fraction of sp³-hybridized carbons (Fsp3) is 0.154. The minimum atomic E-state index is -4.87. The van der Waals surface area contributed by atoms with Gasteiger partial charge in [0.05, 0.1) is 17.5 Å². The summed E-state index contributed by atoms with van der Waals surface area (Å²) in [5.41, 5.74) is -1.69. The summed E-state index contributed by atoms with van der Waals surface area (Å²) in [5.74, 6) is -2.07. The third-order valence-electron chi connectivity index (χ3n) is 2.64. The van der Waals surface area contributed by atoms with Crippen molar-refractivity contribution in [1.82, 2.24) is 4.98 Å². The van der Waals surface area contributed by atoms with E-state index in [2.05, 4.69) is 4.98 Å². The molecule has 1 atom stereocenters. The molecular weight excluding hydrogens is 281 g/mol. The van der Waals surface area contributed by atoms with Crippen molar-refractivity contribution in [3.63, 3.8) is 0 Å². The number of nitrogens with zero attached hydrogens (tertiary/aromatic N) is 1. The number of pyridine rings is 1. The van der Waals surface area contributed by atoms with E-state index >= 15 is 0 Å². The van der Waals surface area contributed by atoms with Crippen LogP contribution in [0.1, 0.15) is 22.9 Å². The maximum Gasteiger partial charge on any atom is 0.419 e. The minimum absolute atomic E-state index is 0.0360. The van der Waals surface area contributed by atoms with Crippen LogP contribution in [0.2, 0.25) is 0 Å². The van der Waals surface area contributed by atoms with Gasteiger partial charge in [-0.2, -0.15) is 13.2 Å². The second-order valence-electron chi connectivity index (χ2n) is 4.04. The van der Waals surface area contributed by atoms with Crippen molar-refractivity contribution in [1.29, 1.82) is 0 Å². The number of hydrogen-bond acceptors (Lipinski definition) is 2. The van der Waals surface area contributed by atoms with E-state index in [0.717, 1.165) is 24.4 Å². The quantitative estimate of drug-likeness (QED) is 0.859. The van der Waals surface area contributed by atoms with Crippen LogP contribution in [0, 0.1) is 11.6 Å². The highest BCUT2D eigenvalue weighted by Gasteiger charge is 2.34. The van der Waals surface area contributed by atoms with Crippen LogP contribution >= 0.6 is 0 Å². The van der Waals surface area contributed by atoms with Gasteiger partial charge in [0.25, 0.3) is 0 Å². The Labute approximate surface area is 110 Å². The van der Waals surface area contributed by atoms with Gasteiger partial charge >= 0.3 is 6.18 Å². The normalized spacial score (nSPS) is 13.3. The Morgan fingerprint density at radius 3 is 2.30 bits per heavy atom. The van der Waals surface area contributed by atoms with E-state index in [0.29, 0.717) is 12.1 Å². The summed E-state index contributed by atoms with van der Waals surface area (Å²) in [6, 6.07) is 4.28.